The number of aliphatic carboxylic acids is 2. The van der Waals surface area contributed by atoms with Crippen molar-refractivity contribution >= 4 is 23.5 Å². The lowest BCUT2D eigenvalue weighted by Crippen LogP contribution is -2.41. The van der Waals surface area contributed by atoms with E-state index in [9.17, 15) is 14.4 Å². The predicted octanol–water partition coefficient (Wildman–Crippen LogP) is 0.535. The number of amides is 1. The van der Waals surface area contributed by atoms with Crippen LogP contribution < -0.4 is 10.8 Å². The van der Waals surface area contributed by atoms with Crippen molar-refractivity contribution in [3.05, 3.63) is 29.8 Å². The largest absolute Gasteiger partial charge is 0.481 e. The van der Waals surface area contributed by atoms with Crippen LogP contribution in [0.25, 0.3) is 0 Å². The molecule has 1 amide bonds. The summed E-state index contributed by atoms with van der Waals surface area (Å²) >= 11 is 0. The second-order valence-corrected chi connectivity index (χ2v) is 3.99. The number of carboxylic acid groups (broad SMARTS) is 2. The van der Waals surface area contributed by atoms with E-state index in [0.29, 0.717) is 5.69 Å². The highest BCUT2D eigenvalue weighted by molar-refractivity contribution is 5.96. The third kappa shape index (κ3) is 4.58. The lowest BCUT2D eigenvalue weighted by molar-refractivity contribution is -0.140. The van der Waals surface area contributed by atoms with Crippen molar-refractivity contribution in [2.24, 2.45) is 0 Å². The number of hydrogen-bond acceptors (Lipinski definition) is 5. The van der Waals surface area contributed by atoms with E-state index in [0.717, 1.165) is 0 Å². The van der Waals surface area contributed by atoms with Crippen LogP contribution in [0.15, 0.2) is 24.3 Å². The van der Waals surface area contributed by atoms with Gasteiger partial charge in [-0.2, -0.15) is 0 Å². The Morgan fingerprint density at radius 2 is 1.70 bits per heavy atom. The molecule has 1 atom stereocenters. The summed E-state index contributed by atoms with van der Waals surface area (Å²) in [5.74, 6) is -3.07. The Labute approximate surface area is 114 Å². The van der Waals surface area contributed by atoms with Crippen LogP contribution >= 0.6 is 0 Å². The van der Waals surface area contributed by atoms with Crippen molar-refractivity contribution < 1.29 is 29.8 Å². The van der Waals surface area contributed by atoms with Crippen LogP contribution in [0.2, 0.25) is 0 Å². The van der Waals surface area contributed by atoms with Crippen LogP contribution in [0, 0.1) is 0 Å². The highest BCUT2D eigenvalue weighted by Crippen LogP contribution is 2.09. The Bertz CT molecular complexity index is 499. The summed E-state index contributed by atoms with van der Waals surface area (Å²) in [7, 11) is 0. The number of carboxylic acids is 2. The van der Waals surface area contributed by atoms with Crippen LogP contribution in [0.3, 0.4) is 0 Å². The molecule has 1 rings (SSSR count). The van der Waals surface area contributed by atoms with Crippen LogP contribution in [-0.2, 0) is 9.59 Å². The van der Waals surface area contributed by atoms with Gasteiger partial charge in [-0.05, 0) is 30.7 Å². The molecule has 108 valence electrons. The number of carbonyl (C=O) groups excluding carboxylic acids is 1. The van der Waals surface area contributed by atoms with Crippen molar-refractivity contribution in [1.82, 2.24) is 5.32 Å². The van der Waals surface area contributed by atoms with Crippen molar-refractivity contribution in [3.63, 3.8) is 0 Å². The number of hydrogen-bond donors (Lipinski definition) is 5. The van der Waals surface area contributed by atoms with Gasteiger partial charge >= 0.3 is 11.9 Å². The number of benzene rings is 1. The molecule has 0 bridgehead atoms. The fraction of sp³-hybridized carbons (Fsp3) is 0.250. The van der Waals surface area contributed by atoms with E-state index in [1.54, 1.807) is 0 Å². The maximum absolute atomic E-state index is 11.8. The maximum atomic E-state index is 11.8. The van der Waals surface area contributed by atoms with Gasteiger partial charge in [-0.1, -0.05) is 0 Å². The van der Waals surface area contributed by atoms with E-state index in [4.69, 9.17) is 15.4 Å². The Morgan fingerprint density at radius 3 is 2.15 bits per heavy atom. The molecule has 0 heterocycles. The van der Waals surface area contributed by atoms with Gasteiger partial charge in [-0.3, -0.25) is 20.3 Å². The monoisotopic (exact) mass is 282 g/mol. The highest BCUT2D eigenvalue weighted by Gasteiger charge is 2.21. The molecule has 20 heavy (non-hydrogen) atoms. The van der Waals surface area contributed by atoms with Gasteiger partial charge in [0.2, 0.25) is 0 Å². The predicted molar refractivity (Wildman–Crippen MR) is 67.6 cm³/mol. The van der Waals surface area contributed by atoms with Gasteiger partial charge < -0.3 is 15.5 Å². The van der Waals surface area contributed by atoms with E-state index in [1.807, 2.05) is 5.48 Å². The molecule has 0 aromatic heterocycles. The molecule has 5 N–H and O–H groups in total. The molecule has 0 unspecified atom stereocenters. The molecule has 0 aliphatic rings. The Kier molecular flexibility index (Phi) is 5.48. The summed E-state index contributed by atoms with van der Waals surface area (Å²) in [6.07, 6.45) is -0.558. The number of anilines is 1. The van der Waals surface area contributed by atoms with Crippen LogP contribution in [0.1, 0.15) is 23.2 Å². The van der Waals surface area contributed by atoms with E-state index in [-0.39, 0.29) is 18.4 Å². The molecule has 0 spiro atoms. The fourth-order valence-electron chi connectivity index (χ4n) is 1.46. The molecule has 0 aliphatic heterocycles. The molecule has 0 aliphatic carbocycles. The van der Waals surface area contributed by atoms with Crippen molar-refractivity contribution in [1.29, 1.82) is 0 Å². The summed E-state index contributed by atoms with van der Waals surface area (Å²) < 4.78 is 0. The number of rotatable bonds is 7. The van der Waals surface area contributed by atoms with Crippen LogP contribution in [-0.4, -0.2) is 39.3 Å². The SMILES string of the molecule is O=C(O)CC[C@H](NC(=O)c1ccc(NO)cc1)C(=O)O. The average molecular weight is 282 g/mol. The Hall–Kier alpha value is -2.61. The summed E-state index contributed by atoms with van der Waals surface area (Å²) in [6, 6.07) is 4.38. The minimum Gasteiger partial charge on any atom is -0.481 e. The van der Waals surface area contributed by atoms with Gasteiger partial charge in [-0.15, -0.1) is 0 Å². The van der Waals surface area contributed by atoms with Gasteiger partial charge in [-0.25, -0.2) is 4.79 Å². The van der Waals surface area contributed by atoms with Crippen molar-refractivity contribution in [3.8, 4) is 0 Å². The zero-order chi connectivity index (χ0) is 15.1. The van der Waals surface area contributed by atoms with E-state index in [1.165, 1.54) is 24.3 Å². The van der Waals surface area contributed by atoms with E-state index < -0.39 is 23.9 Å². The molecule has 1 aromatic rings. The molecular formula is C12H14N2O6. The molecule has 8 heteroatoms. The molecule has 8 nitrogen and oxygen atoms in total. The second kappa shape index (κ2) is 7.10. The lowest BCUT2D eigenvalue weighted by atomic mass is 10.1. The first kappa shape index (κ1) is 15.4. The van der Waals surface area contributed by atoms with Crippen molar-refractivity contribution in [2.75, 3.05) is 5.48 Å². The van der Waals surface area contributed by atoms with Crippen LogP contribution in [0.5, 0.6) is 0 Å². The quantitative estimate of drug-likeness (QED) is 0.460. The summed E-state index contributed by atoms with van der Waals surface area (Å²) in [4.78, 5) is 33.1. The zero-order valence-corrected chi connectivity index (χ0v) is 10.4. The molecule has 1 aromatic carbocycles. The van der Waals surface area contributed by atoms with Gasteiger partial charge in [0.1, 0.15) is 6.04 Å². The van der Waals surface area contributed by atoms with Gasteiger partial charge in [0.05, 0.1) is 5.69 Å². The smallest absolute Gasteiger partial charge is 0.326 e. The minimum absolute atomic E-state index is 0.200. The summed E-state index contributed by atoms with van der Waals surface area (Å²) in [5, 5.41) is 28.3. The number of carbonyl (C=O) groups is 3. The first-order chi connectivity index (χ1) is 9.43. The van der Waals surface area contributed by atoms with Gasteiger partial charge in [0.25, 0.3) is 5.91 Å². The normalized spacial score (nSPS) is 11.4. The number of nitrogens with one attached hydrogen (secondary N) is 2. The Balaban J connectivity index is 2.69. The molecule has 0 saturated heterocycles. The standard InChI is InChI=1S/C12H14N2O6/c15-10(16)6-5-9(12(18)19)13-11(17)7-1-3-8(14-20)4-2-7/h1-4,9,14,20H,5-6H2,(H,13,17)(H,15,16)(H,18,19)/t9-/m0/s1. The third-order valence-corrected chi connectivity index (χ3v) is 2.53. The fourth-order valence-corrected chi connectivity index (χ4v) is 1.46. The third-order valence-electron chi connectivity index (χ3n) is 2.53. The van der Waals surface area contributed by atoms with Gasteiger partial charge in [0, 0.05) is 12.0 Å². The average Bonchev–Trinajstić information content (AvgIpc) is 2.42. The van der Waals surface area contributed by atoms with Crippen LogP contribution in [0.4, 0.5) is 5.69 Å². The maximum Gasteiger partial charge on any atom is 0.326 e. The zero-order valence-electron chi connectivity index (χ0n) is 10.4. The molecule has 0 saturated carbocycles. The van der Waals surface area contributed by atoms with E-state index >= 15 is 0 Å². The molecular weight excluding hydrogens is 268 g/mol. The van der Waals surface area contributed by atoms with Gasteiger partial charge in [0.15, 0.2) is 0 Å². The Morgan fingerprint density at radius 1 is 1.10 bits per heavy atom. The molecule has 0 radical (unpaired) electrons. The minimum atomic E-state index is -1.30. The lowest BCUT2D eigenvalue weighted by Gasteiger charge is -2.13. The summed E-state index contributed by atoms with van der Waals surface area (Å²) in [5.41, 5.74) is 2.47. The topological polar surface area (TPSA) is 136 Å². The molecule has 0 fully saturated rings. The first-order valence-electron chi connectivity index (χ1n) is 5.69. The first-order valence-corrected chi connectivity index (χ1v) is 5.69. The second-order valence-electron chi connectivity index (χ2n) is 3.99. The van der Waals surface area contributed by atoms with Crippen molar-refractivity contribution in [2.45, 2.75) is 18.9 Å². The highest BCUT2D eigenvalue weighted by atomic mass is 16.5. The van der Waals surface area contributed by atoms with E-state index in [2.05, 4.69) is 5.32 Å². The summed E-state index contributed by atoms with van der Waals surface area (Å²) in [6.45, 7) is 0.